The Morgan fingerprint density at radius 1 is 0.348 bits per heavy atom. The molecule has 6 aromatic carbocycles. The molecule has 10 aromatic rings. The van der Waals surface area contributed by atoms with Gasteiger partial charge in [-0.15, -0.1) is 0 Å². The Kier molecular flexibility index (Phi) is 30.7. The number of alkyl halides is 2. The van der Waals surface area contributed by atoms with Gasteiger partial charge in [0, 0.05) is 143 Å². The second-order valence-corrected chi connectivity index (χ2v) is 26.7. The van der Waals surface area contributed by atoms with Gasteiger partial charge in [-0.2, -0.15) is 8.78 Å². The van der Waals surface area contributed by atoms with E-state index < -0.39 is 30.5 Å². The Morgan fingerprint density at radius 3 is 0.887 bits per heavy atom. The minimum absolute atomic E-state index is 0.00694. The number of halogens is 2. The first-order valence-corrected chi connectivity index (χ1v) is 35.8. The monoisotopic (exact) mass is 1590 g/mol. The number of carboxylic acids is 1. The highest BCUT2D eigenvalue weighted by Gasteiger charge is 2.32. The highest BCUT2D eigenvalue weighted by molar-refractivity contribution is 6.03. The molecule has 12 rings (SSSR count). The van der Waals surface area contributed by atoms with E-state index in [4.69, 9.17) is 49.7 Å². The van der Waals surface area contributed by atoms with Gasteiger partial charge >= 0.3 is 30.5 Å². The van der Waals surface area contributed by atoms with Crippen molar-refractivity contribution in [3.63, 3.8) is 0 Å². The number of aromatic carboxylic acids is 1. The number of hydrogen-bond donors (Lipinski definition) is 7. The van der Waals surface area contributed by atoms with Crippen molar-refractivity contribution in [2.45, 2.75) is 101 Å². The third kappa shape index (κ3) is 21.7. The Morgan fingerprint density at radius 2 is 0.583 bits per heavy atom. The number of esters is 3. The summed E-state index contributed by atoms with van der Waals surface area (Å²) < 4.78 is 88.0. The van der Waals surface area contributed by atoms with E-state index in [1.165, 1.54) is 114 Å². The van der Waals surface area contributed by atoms with E-state index in [0.717, 1.165) is 82.6 Å². The van der Waals surface area contributed by atoms with Gasteiger partial charge in [0.1, 0.15) is 102 Å². The van der Waals surface area contributed by atoms with E-state index in [-0.39, 0.29) is 91.1 Å². The molecule has 0 bridgehead atoms. The van der Waals surface area contributed by atoms with Gasteiger partial charge in [-0.25, -0.2) is 19.2 Å². The van der Waals surface area contributed by atoms with E-state index in [1.54, 1.807) is 24.3 Å². The summed E-state index contributed by atoms with van der Waals surface area (Å²) in [6.45, 7) is 12.6. The zero-order valence-electron chi connectivity index (χ0n) is 67.4. The fraction of sp³-hybridized carbons (Fsp3) is 0.318. The minimum Gasteiger partial charge on any atom is -0.507 e. The second kappa shape index (κ2) is 39.8. The number of carboxylic acid groups (broad SMARTS) is 1. The van der Waals surface area contributed by atoms with Crippen molar-refractivity contribution < 1.29 is 115 Å². The maximum absolute atomic E-state index is 12.9. The highest BCUT2D eigenvalue weighted by Crippen LogP contribution is 2.43. The highest BCUT2D eigenvalue weighted by atomic mass is 19.3. The summed E-state index contributed by atoms with van der Waals surface area (Å²) in [5, 5.41) is 48.9. The molecule has 0 atom stereocenters. The first-order valence-electron chi connectivity index (χ1n) is 35.8. The molecule has 4 aromatic heterocycles. The van der Waals surface area contributed by atoms with Gasteiger partial charge in [0.05, 0.1) is 93.8 Å². The number of carbonyl (C=O) groups excluding carboxylic acids is 5. The van der Waals surface area contributed by atoms with Crippen LogP contribution in [-0.4, -0.2) is 157 Å². The van der Waals surface area contributed by atoms with Crippen LogP contribution in [0.15, 0.2) is 121 Å². The number of methoxy groups -OCH3 is 10. The number of nitrogens with zero attached hydrogens (tertiary/aromatic N) is 4. The van der Waals surface area contributed by atoms with Crippen LogP contribution in [0, 0.1) is 67.2 Å². The molecular formula is C85H98F2N6O22. The lowest BCUT2D eigenvalue weighted by molar-refractivity contribution is -0.0502. The zero-order valence-corrected chi connectivity index (χ0v) is 67.4. The largest absolute Gasteiger partial charge is 0.507 e. The first kappa shape index (κ1) is 88.9. The van der Waals surface area contributed by atoms with Crippen LogP contribution in [-0.2, 0) is 14.2 Å². The van der Waals surface area contributed by atoms with Crippen LogP contribution < -0.4 is 49.4 Å². The van der Waals surface area contributed by atoms with E-state index in [2.05, 4.69) is 18.9 Å². The number of benzene rings is 6. The quantitative estimate of drug-likeness (QED) is 0.0135. The third-order valence-electron chi connectivity index (χ3n) is 18.6. The van der Waals surface area contributed by atoms with Crippen molar-refractivity contribution in [1.82, 2.24) is 18.3 Å². The number of phenolic OH excluding ortho intramolecular Hbond substituents is 3. The molecule has 28 nitrogen and oxygen atoms in total. The zero-order chi connectivity index (χ0) is 85.1. The molecule has 2 fully saturated rings. The molecule has 614 valence electrons. The fourth-order valence-corrected chi connectivity index (χ4v) is 12.8. The molecule has 0 aliphatic heterocycles. The smallest absolute Gasteiger partial charge is 0.387 e. The Hall–Kier alpha value is -13.3. The fourth-order valence-electron chi connectivity index (χ4n) is 12.8. The average Bonchev–Trinajstić information content (AvgIpc) is 1.78. The maximum Gasteiger partial charge on any atom is 0.387 e. The number of ketones is 2. The minimum atomic E-state index is -3.01. The van der Waals surface area contributed by atoms with E-state index in [1.807, 2.05) is 128 Å². The summed E-state index contributed by atoms with van der Waals surface area (Å²) in [6.07, 6.45) is 5.03. The van der Waals surface area contributed by atoms with Gasteiger partial charge in [0.2, 0.25) is 0 Å². The molecule has 0 radical (unpaired) electrons. The van der Waals surface area contributed by atoms with Gasteiger partial charge in [0.15, 0.2) is 11.6 Å². The number of nitrogen functional groups attached to an aromatic ring is 2. The molecule has 115 heavy (non-hydrogen) atoms. The summed E-state index contributed by atoms with van der Waals surface area (Å²) in [7, 11) is 13.8. The number of aromatic hydroxyl groups is 4. The first-order chi connectivity index (χ1) is 54.6. The number of carbonyl (C=O) groups is 6. The molecule has 0 saturated heterocycles. The number of ether oxygens (including phenoxy) is 11. The molecule has 4 heterocycles. The topological polar surface area (TPSA) is 377 Å². The average molecular weight is 1590 g/mol. The summed E-state index contributed by atoms with van der Waals surface area (Å²) in [5.74, 6) is -1.41. The van der Waals surface area contributed by atoms with E-state index in [0.29, 0.717) is 70.2 Å². The predicted octanol–water partition coefficient (Wildman–Crippen LogP) is 15.4. The van der Waals surface area contributed by atoms with Crippen LogP contribution in [0.3, 0.4) is 0 Å². The second-order valence-electron chi connectivity index (χ2n) is 26.7. The van der Waals surface area contributed by atoms with Gasteiger partial charge in [-0.3, -0.25) is 9.59 Å². The van der Waals surface area contributed by atoms with Crippen molar-refractivity contribution in [2.24, 2.45) is 11.8 Å². The van der Waals surface area contributed by atoms with Crippen LogP contribution in [0.1, 0.15) is 146 Å². The van der Waals surface area contributed by atoms with Crippen LogP contribution in [0.4, 0.5) is 20.2 Å². The molecule has 0 spiro atoms. The normalized spacial score (nSPS) is 11.7. The van der Waals surface area contributed by atoms with Crippen molar-refractivity contribution in [2.75, 3.05) is 82.6 Å². The standard InChI is InChI=1S/C19H21F2NO3.C18H21NO3.C15H17NO4.C14H15NO4.C10H13NO4.C9H11NO4/c1-11-4-5-12(2)22(11)14-9-16(24-3)18(15(23)8-13-6-7-13)17(10-14)25-19(20)21;1-11-4-5-12(2)19(11)14-9-16(21)18(17(10-14)22-3)15(20)8-13-6-7-13;1-9-5-6-10(2)16(9)11-7-12(17)14(15(18)20-4)13(8-11)19-3;1-8-4-5-9(2)15(8)10-6-11(16)13(14(17)18)12(7-10)19-3;1-13-7-4-6(11)5-8(14-2)9(7)10(12)15-3;1-13-7-4-5(10)3-6(11)8(7)9(12)14-2/h4-5,9-10,13,19H,6-8H2,1-3H3;4-5,9-10,13,21H,6-8H2,1-3H3;5-8,17H,1-4H3;4-7,16H,1-3H3,(H,17,18);4-5H,11H2,1-3H3;3-4,11H,10H2,1-2H3. The summed E-state index contributed by atoms with van der Waals surface area (Å²) in [5.41, 5.74) is 23.1. The van der Waals surface area contributed by atoms with E-state index in [9.17, 15) is 58.0 Å². The van der Waals surface area contributed by atoms with Crippen LogP contribution in [0.5, 0.6) is 69.0 Å². The van der Waals surface area contributed by atoms with Crippen molar-refractivity contribution in [3.05, 3.63) is 200 Å². The molecule has 2 aliphatic rings. The van der Waals surface area contributed by atoms with Crippen molar-refractivity contribution in [1.29, 1.82) is 0 Å². The van der Waals surface area contributed by atoms with Crippen LogP contribution in [0.25, 0.3) is 22.7 Å². The predicted molar refractivity (Wildman–Crippen MR) is 426 cm³/mol. The Labute approximate surface area is 664 Å². The number of aryl methyl sites for hydroxylation is 8. The Balaban J connectivity index is 0.000000193. The van der Waals surface area contributed by atoms with Crippen LogP contribution >= 0.6 is 0 Å². The van der Waals surface area contributed by atoms with Crippen molar-refractivity contribution in [3.8, 4) is 91.7 Å². The number of Topliss-reactive ketones (excluding diaryl/α,β-unsaturated/α-hetero) is 2. The number of phenols is 4. The van der Waals surface area contributed by atoms with Crippen LogP contribution in [0.2, 0.25) is 0 Å². The SMILES string of the molecule is COC(=O)c1c(O)cc(-n2c(C)ccc2C)cc1OC.COC(=O)c1c(O)cc(N)cc1OC.COC(=O)c1c(OC)cc(N)cc1OC.COc1cc(-n2c(C)ccc2C)cc(O)c1C(=O)CC1CC1.COc1cc(-n2c(C)ccc2C)cc(O)c1C(=O)O.COc1cc(-n2c(C)ccc2C)cc(OC(F)F)c1C(=O)CC1CC1. The van der Waals surface area contributed by atoms with Gasteiger partial charge in [-0.1, -0.05) is 0 Å². The lowest BCUT2D eigenvalue weighted by Gasteiger charge is -2.18. The lowest BCUT2D eigenvalue weighted by atomic mass is 10.0. The number of nitrogens with two attached hydrogens (primary N) is 2. The number of rotatable bonds is 23. The van der Waals surface area contributed by atoms with Gasteiger partial charge in [0.25, 0.3) is 0 Å². The molecule has 9 N–H and O–H groups in total. The number of anilines is 2. The summed E-state index contributed by atoms with van der Waals surface area (Å²) in [4.78, 5) is 70.4. The van der Waals surface area contributed by atoms with Gasteiger partial charge in [-0.05, 0) is 141 Å². The summed E-state index contributed by atoms with van der Waals surface area (Å²) in [6, 6.07) is 34.4. The number of hydrogen-bond acceptors (Lipinski definition) is 23. The molecule has 0 unspecified atom stereocenters. The van der Waals surface area contributed by atoms with Gasteiger partial charge < -0.3 is 107 Å². The Bertz CT molecular complexity index is 5080. The molecule has 2 saturated carbocycles. The number of aromatic nitrogens is 4. The third-order valence-corrected chi connectivity index (χ3v) is 18.6. The molecular weight excluding hydrogens is 1490 g/mol. The lowest BCUT2D eigenvalue weighted by Crippen LogP contribution is -2.12. The molecule has 30 heteroatoms. The van der Waals surface area contributed by atoms with E-state index >= 15 is 0 Å². The van der Waals surface area contributed by atoms with Crippen molar-refractivity contribution >= 4 is 46.8 Å². The molecule has 0 amide bonds. The summed E-state index contributed by atoms with van der Waals surface area (Å²) >= 11 is 0. The molecule has 2 aliphatic carbocycles. The maximum atomic E-state index is 12.9.